The SMILES string of the molecule is Fc1cc(F)c([C@H](C2CCC2)N2CCNCC2)cc1F. The number of halogens is 3. The summed E-state index contributed by atoms with van der Waals surface area (Å²) in [5, 5.41) is 3.26. The van der Waals surface area contributed by atoms with Crippen molar-refractivity contribution >= 4 is 0 Å². The normalized spacial score (nSPS) is 22.6. The van der Waals surface area contributed by atoms with Crippen LogP contribution in [0.15, 0.2) is 12.1 Å². The van der Waals surface area contributed by atoms with E-state index in [0.29, 0.717) is 17.5 Å². The Labute approximate surface area is 117 Å². The minimum absolute atomic E-state index is 0.124. The molecule has 0 unspecified atom stereocenters. The van der Waals surface area contributed by atoms with E-state index in [9.17, 15) is 13.2 Å². The van der Waals surface area contributed by atoms with E-state index in [1.165, 1.54) is 0 Å². The first-order valence-electron chi connectivity index (χ1n) is 7.26. The summed E-state index contributed by atoms with van der Waals surface area (Å²) in [6.45, 7) is 3.35. The van der Waals surface area contributed by atoms with E-state index in [1.54, 1.807) is 0 Å². The van der Waals surface area contributed by atoms with Crippen LogP contribution in [0.5, 0.6) is 0 Å². The van der Waals surface area contributed by atoms with Gasteiger partial charge in [-0.1, -0.05) is 6.42 Å². The molecule has 2 fully saturated rings. The van der Waals surface area contributed by atoms with Gasteiger partial charge in [-0.3, -0.25) is 4.90 Å². The van der Waals surface area contributed by atoms with Crippen molar-refractivity contribution in [3.8, 4) is 0 Å². The van der Waals surface area contributed by atoms with E-state index in [-0.39, 0.29) is 6.04 Å². The molecule has 1 aliphatic carbocycles. The lowest BCUT2D eigenvalue weighted by Crippen LogP contribution is -2.48. The number of benzene rings is 1. The molecule has 1 aromatic carbocycles. The average Bonchev–Trinajstić information content (AvgIpc) is 2.39. The van der Waals surface area contributed by atoms with Gasteiger partial charge in [0.05, 0.1) is 0 Å². The van der Waals surface area contributed by atoms with Crippen LogP contribution in [0.25, 0.3) is 0 Å². The van der Waals surface area contributed by atoms with Gasteiger partial charge in [-0.25, -0.2) is 13.2 Å². The zero-order valence-corrected chi connectivity index (χ0v) is 11.3. The van der Waals surface area contributed by atoms with E-state index in [0.717, 1.165) is 51.5 Å². The smallest absolute Gasteiger partial charge is 0.161 e. The molecule has 1 aliphatic heterocycles. The molecule has 1 saturated heterocycles. The Hall–Kier alpha value is -1.07. The third-order valence-corrected chi connectivity index (χ3v) is 4.50. The van der Waals surface area contributed by atoms with Crippen molar-refractivity contribution in [2.45, 2.75) is 25.3 Å². The van der Waals surface area contributed by atoms with Crippen LogP contribution >= 0.6 is 0 Å². The van der Waals surface area contributed by atoms with Crippen LogP contribution in [0.2, 0.25) is 0 Å². The molecule has 0 radical (unpaired) electrons. The molecular weight excluding hydrogens is 265 g/mol. The summed E-state index contributed by atoms with van der Waals surface area (Å²) in [6.07, 6.45) is 3.21. The maximum Gasteiger partial charge on any atom is 0.161 e. The van der Waals surface area contributed by atoms with Crippen LogP contribution < -0.4 is 5.32 Å². The van der Waals surface area contributed by atoms with Gasteiger partial charge in [0, 0.05) is 43.9 Å². The van der Waals surface area contributed by atoms with Gasteiger partial charge in [-0.05, 0) is 24.8 Å². The molecule has 1 atom stereocenters. The van der Waals surface area contributed by atoms with Gasteiger partial charge in [0.1, 0.15) is 5.82 Å². The van der Waals surface area contributed by atoms with E-state index >= 15 is 0 Å². The van der Waals surface area contributed by atoms with Crippen molar-refractivity contribution in [1.29, 1.82) is 0 Å². The fraction of sp³-hybridized carbons (Fsp3) is 0.600. The molecule has 110 valence electrons. The lowest BCUT2D eigenvalue weighted by Gasteiger charge is -2.43. The monoisotopic (exact) mass is 284 g/mol. The Morgan fingerprint density at radius 1 is 1.00 bits per heavy atom. The summed E-state index contributed by atoms with van der Waals surface area (Å²) >= 11 is 0. The number of hydrogen-bond donors (Lipinski definition) is 1. The highest BCUT2D eigenvalue weighted by Crippen LogP contribution is 2.42. The second-order valence-corrected chi connectivity index (χ2v) is 5.71. The van der Waals surface area contributed by atoms with Crippen molar-refractivity contribution in [2.24, 2.45) is 5.92 Å². The minimum Gasteiger partial charge on any atom is -0.314 e. The zero-order chi connectivity index (χ0) is 14.1. The van der Waals surface area contributed by atoms with E-state index < -0.39 is 17.5 Å². The van der Waals surface area contributed by atoms with Crippen LogP contribution in [-0.2, 0) is 0 Å². The van der Waals surface area contributed by atoms with E-state index in [1.807, 2.05) is 0 Å². The fourth-order valence-corrected chi connectivity index (χ4v) is 3.23. The Morgan fingerprint density at radius 2 is 1.65 bits per heavy atom. The Morgan fingerprint density at radius 3 is 2.25 bits per heavy atom. The largest absolute Gasteiger partial charge is 0.314 e. The molecule has 2 nitrogen and oxygen atoms in total. The maximum absolute atomic E-state index is 14.1. The van der Waals surface area contributed by atoms with Gasteiger partial charge in [0.15, 0.2) is 11.6 Å². The van der Waals surface area contributed by atoms with Gasteiger partial charge in [0.25, 0.3) is 0 Å². The lowest BCUT2D eigenvalue weighted by molar-refractivity contribution is 0.0808. The first-order chi connectivity index (χ1) is 9.66. The van der Waals surface area contributed by atoms with Crippen LogP contribution in [0, 0.1) is 23.4 Å². The fourth-order valence-electron chi connectivity index (χ4n) is 3.23. The van der Waals surface area contributed by atoms with Crippen molar-refractivity contribution < 1.29 is 13.2 Å². The molecule has 0 bridgehead atoms. The number of piperazine rings is 1. The molecule has 2 aliphatic rings. The molecule has 5 heteroatoms. The summed E-state index contributed by atoms with van der Waals surface area (Å²) < 4.78 is 40.7. The summed E-state index contributed by atoms with van der Waals surface area (Å²) in [7, 11) is 0. The van der Waals surface area contributed by atoms with Crippen molar-refractivity contribution in [3.05, 3.63) is 35.1 Å². The van der Waals surface area contributed by atoms with Crippen LogP contribution in [0.1, 0.15) is 30.9 Å². The topological polar surface area (TPSA) is 15.3 Å². The Balaban J connectivity index is 1.93. The molecular formula is C15H19F3N2. The third kappa shape index (κ3) is 2.56. The molecule has 1 heterocycles. The number of nitrogens with zero attached hydrogens (tertiary/aromatic N) is 1. The van der Waals surface area contributed by atoms with E-state index in [2.05, 4.69) is 10.2 Å². The molecule has 0 spiro atoms. The van der Waals surface area contributed by atoms with Gasteiger partial charge >= 0.3 is 0 Å². The van der Waals surface area contributed by atoms with Crippen molar-refractivity contribution in [3.63, 3.8) is 0 Å². The predicted octanol–water partition coefficient (Wildman–Crippen LogP) is 2.85. The van der Waals surface area contributed by atoms with Crippen LogP contribution in [0.4, 0.5) is 13.2 Å². The van der Waals surface area contributed by atoms with Crippen molar-refractivity contribution in [1.82, 2.24) is 10.2 Å². The summed E-state index contributed by atoms with van der Waals surface area (Å²) in [6, 6.07) is 1.61. The molecule has 0 aromatic heterocycles. The molecule has 0 amide bonds. The predicted molar refractivity (Wildman–Crippen MR) is 70.8 cm³/mol. The van der Waals surface area contributed by atoms with Crippen molar-refractivity contribution in [2.75, 3.05) is 26.2 Å². The van der Waals surface area contributed by atoms with Crippen LogP contribution in [0.3, 0.4) is 0 Å². The lowest BCUT2D eigenvalue weighted by atomic mass is 9.76. The Kier molecular flexibility index (Phi) is 3.98. The molecule has 3 rings (SSSR count). The molecule has 1 aromatic rings. The van der Waals surface area contributed by atoms with Gasteiger partial charge in [0.2, 0.25) is 0 Å². The quantitative estimate of drug-likeness (QED) is 0.859. The van der Waals surface area contributed by atoms with Gasteiger partial charge in [-0.2, -0.15) is 0 Å². The first kappa shape index (κ1) is 13.9. The number of rotatable bonds is 3. The van der Waals surface area contributed by atoms with E-state index in [4.69, 9.17) is 0 Å². The van der Waals surface area contributed by atoms with Crippen LogP contribution in [-0.4, -0.2) is 31.1 Å². The van der Waals surface area contributed by atoms with Gasteiger partial charge < -0.3 is 5.32 Å². The maximum atomic E-state index is 14.1. The third-order valence-electron chi connectivity index (χ3n) is 4.50. The highest BCUT2D eigenvalue weighted by Gasteiger charge is 2.35. The number of hydrogen-bond acceptors (Lipinski definition) is 2. The first-order valence-corrected chi connectivity index (χ1v) is 7.26. The summed E-state index contributed by atoms with van der Waals surface area (Å²) in [5.41, 5.74) is 0.315. The molecule has 1 saturated carbocycles. The minimum atomic E-state index is -1.11. The Bertz CT molecular complexity index is 482. The average molecular weight is 284 g/mol. The standard InChI is InChI=1S/C15H19F3N2/c16-12-9-14(18)13(17)8-11(12)15(10-2-1-3-10)20-6-4-19-5-7-20/h8-10,15,19H,1-7H2/t15-/m0/s1. The second kappa shape index (κ2) is 5.74. The molecule has 20 heavy (non-hydrogen) atoms. The van der Waals surface area contributed by atoms with Gasteiger partial charge in [-0.15, -0.1) is 0 Å². The highest BCUT2D eigenvalue weighted by atomic mass is 19.2. The molecule has 1 N–H and O–H groups in total. The highest BCUT2D eigenvalue weighted by molar-refractivity contribution is 5.25. The number of nitrogens with one attached hydrogen (secondary N) is 1. The zero-order valence-electron chi connectivity index (χ0n) is 11.3. The second-order valence-electron chi connectivity index (χ2n) is 5.71. The summed E-state index contributed by atoms with van der Waals surface area (Å²) in [4.78, 5) is 2.20. The summed E-state index contributed by atoms with van der Waals surface area (Å²) in [5.74, 6) is -2.34.